The number of phenols is 2. The Hall–Kier alpha value is -5.15. The van der Waals surface area contributed by atoms with Crippen molar-refractivity contribution in [2.45, 2.75) is 76.0 Å². The minimum absolute atomic E-state index is 0.0594. The quantitative estimate of drug-likeness (QED) is 0.134. The van der Waals surface area contributed by atoms with Crippen LogP contribution >= 0.6 is 0 Å². The van der Waals surface area contributed by atoms with Gasteiger partial charge in [-0.3, -0.25) is 29.7 Å². The third-order valence-corrected chi connectivity index (χ3v) is 10.5. The smallest absolute Gasteiger partial charge is 0.412 e. The van der Waals surface area contributed by atoms with Crippen molar-refractivity contribution in [2.24, 2.45) is 7.05 Å². The summed E-state index contributed by atoms with van der Waals surface area (Å²) in [5, 5.41) is 53.6. The summed E-state index contributed by atoms with van der Waals surface area (Å²) < 4.78 is 36.1. The number of carbonyl (C=O) groups is 4. The van der Waals surface area contributed by atoms with E-state index in [-0.39, 0.29) is 65.7 Å². The number of carbonyl (C=O) groups excluding carboxylic acids is 4. The van der Waals surface area contributed by atoms with Gasteiger partial charge in [0.1, 0.15) is 49.1 Å². The van der Waals surface area contributed by atoms with E-state index in [9.17, 15) is 44.9 Å². The number of amides is 1. The third kappa shape index (κ3) is 6.03. The maximum Gasteiger partial charge on any atom is 0.412 e. The van der Waals surface area contributed by atoms with E-state index in [1.54, 1.807) is 6.92 Å². The van der Waals surface area contributed by atoms with E-state index in [4.69, 9.17) is 28.4 Å². The van der Waals surface area contributed by atoms with Crippen molar-refractivity contribution in [3.05, 3.63) is 63.5 Å². The number of hydrogen-bond donors (Lipinski definition) is 5. The van der Waals surface area contributed by atoms with Crippen LogP contribution < -0.4 is 9.96 Å². The van der Waals surface area contributed by atoms with E-state index in [1.165, 1.54) is 48.0 Å². The van der Waals surface area contributed by atoms with E-state index in [2.05, 4.69) is 4.98 Å². The Kier molecular flexibility index (Phi) is 9.59. The van der Waals surface area contributed by atoms with Crippen LogP contribution in [0.1, 0.15) is 81.5 Å². The average Bonchev–Trinajstić information content (AvgIpc) is 3.36. The monoisotopic (exact) mass is 754 g/mol. The molecule has 54 heavy (non-hydrogen) atoms. The fourth-order valence-electron chi connectivity index (χ4n) is 7.66. The minimum Gasteiger partial charge on any atom is -0.507 e. The number of rotatable bonds is 7. The Balaban J connectivity index is 1.21. The van der Waals surface area contributed by atoms with Crippen LogP contribution in [-0.2, 0) is 48.6 Å². The van der Waals surface area contributed by atoms with E-state index in [0.29, 0.717) is 5.69 Å². The highest BCUT2D eigenvalue weighted by atomic mass is 16.8. The summed E-state index contributed by atoms with van der Waals surface area (Å²) in [6.45, 7) is 2.09. The van der Waals surface area contributed by atoms with Crippen LogP contribution in [-0.4, -0.2) is 114 Å². The molecule has 2 aromatic carbocycles. The SMILES string of the molecule is COc1cccc2c1C(=O)c1c(O)c3c(c(O)c1C2=O)CC(O)(C(C)=O)CC3OC1CC2C(OCOCN2C(=O)OCc2cnc(N(O)O)n2C)C(C)O1. The predicted octanol–water partition coefficient (Wildman–Crippen LogP) is 2.00. The molecule has 1 amide bonds. The van der Waals surface area contributed by atoms with Crippen LogP contribution in [0.25, 0.3) is 0 Å². The van der Waals surface area contributed by atoms with Gasteiger partial charge in [-0.2, -0.15) is 0 Å². The summed E-state index contributed by atoms with van der Waals surface area (Å²) in [5.74, 6) is -3.74. The van der Waals surface area contributed by atoms with Crippen molar-refractivity contribution in [3.8, 4) is 17.2 Å². The number of benzene rings is 2. The van der Waals surface area contributed by atoms with Crippen molar-refractivity contribution in [1.29, 1.82) is 0 Å². The summed E-state index contributed by atoms with van der Waals surface area (Å²) in [4.78, 5) is 59.3. The Morgan fingerprint density at radius 3 is 2.54 bits per heavy atom. The zero-order chi connectivity index (χ0) is 38.8. The molecule has 7 rings (SSSR count). The highest BCUT2D eigenvalue weighted by molar-refractivity contribution is 6.31. The van der Waals surface area contributed by atoms with Gasteiger partial charge in [0.15, 0.2) is 17.9 Å². The van der Waals surface area contributed by atoms with Crippen molar-refractivity contribution in [1.82, 2.24) is 14.5 Å². The number of aromatic hydroxyl groups is 2. The molecule has 2 fully saturated rings. The molecule has 1 aromatic heterocycles. The van der Waals surface area contributed by atoms with E-state index in [0.717, 1.165) is 6.92 Å². The molecular formula is C35H38N4O15. The molecule has 2 aliphatic carbocycles. The van der Waals surface area contributed by atoms with Gasteiger partial charge >= 0.3 is 6.09 Å². The van der Waals surface area contributed by atoms with Crippen LogP contribution in [0.2, 0.25) is 0 Å². The van der Waals surface area contributed by atoms with E-state index < -0.39 is 95.2 Å². The first kappa shape index (κ1) is 37.2. The maximum absolute atomic E-state index is 14.0. The number of nitrogens with zero attached hydrogens (tertiary/aromatic N) is 4. The van der Waals surface area contributed by atoms with Gasteiger partial charge in [0.2, 0.25) is 5.78 Å². The normalized spacial score (nSPS) is 26.2. The molecule has 6 atom stereocenters. The summed E-state index contributed by atoms with van der Waals surface area (Å²) in [7, 11) is 2.81. The lowest BCUT2D eigenvalue weighted by Crippen LogP contribution is -2.57. The number of ether oxygens (including phenoxy) is 6. The number of ketones is 3. The Morgan fingerprint density at radius 2 is 1.85 bits per heavy atom. The number of fused-ring (bicyclic) bond motifs is 4. The minimum atomic E-state index is -2.12. The van der Waals surface area contributed by atoms with E-state index in [1.807, 2.05) is 0 Å². The van der Waals surface area contributed by atoms with Gasteiger partial charge in [0, 0.05) is 43.0 Å². The second kappa shape index (κ2) is 13.9. The molecule has 2 saturated heterocycles. The van der Waals surface area contributed by atoms with Gasteiger partial charge in [-0.25, -0.2) is 9.78 Å². The fourth-order valence-corrected chi connectivity index (χ4v) is 7.66. The van der Waals surface area contributed by atoms with Crippen molar-refractivity contribution < 1.29 is 73.3 Å². The number of imidazole rings is 1. The second-order valence-electron chi connectivity index (χ2n) is 13.6. The zero-order valence-corrected chi connectivity index (χ0v) is 29.5. The molecule has 288 valence electrons. The van der Waals surface area contributed by atoms with Crippen LogP contribution in [0.3, 0.4) is 0 Å². The zero-order valence-electron chi connectivity index (χ0n) is 29.5. The van der Waals surface area contributed by atoms with Gasteiger partial charge in [-0.1, -0.05) is 17.4 Å². The van der Waals surface area contributed by atoms with Gasteiger partial charge in [-0.05, 0) is 19.9 Å². The topological polar surface area (TPSA) is 249 Å². The lowest BCUT2D eigenvalue weighted by atomic mass is 9.72. The molecular weight excluding hydrogens is 716 g/mol. The molecule has 0 saturated carbocycles. The Labute approximate surface area is 306 Å². The first-order chi connectivity index (χ1) is 25.7. The van der Waals surface area contributed by atoms with Crippen LogP contribution in [0, 0.1) is 0 Å². The van der Waals surface area contributed by atoms with Crippen LogP contribution in [0.4, 0.5) is 10.7 Å². The number of anilines is 1. The maximum atomic E-state index is 14.0. The molecule has 0 bridgehead atoms. The average molecular weight is 755 g/mol. The van der Waals surface area contributed by atoms with Gasteiger partial charge in [0.25, 0.3) is 5.95 Å². The third-order valence-electron chi connectivity index (χ3n) is 10.5. The number of methoxy groups -OCH3 is 1. The summed E-state index contributed by atoms with van der Waals surface area (Å²) in [6.07, 6.45) is -4.58. The lowest BCUT2D eigenvalue weighted by Gasteiger charge is -2.44. The van der Waals surface area contributed by atoms with Crippen LogP contribution in [0.5, 0.6) is 17.2 Å². The fraction of sp³-hybridized carbons (Fsp3) is 0.457. The number of aliphatic hydroxyl groups is 1. The second-order valence-corrected chi connectivity index (χ2v) is 13.6. The molecule has 3 aromatic rings. The molecule has 6 unspecified atom stereocenters. The highest BCUT2D eigenvalue weighted by Gasteiger charge is 2.51. The van der Waals surface area contributed by atoms with Crippen molar-refractivity contribution >= 4 is 29.4 Å². The first-order valence-electron chi connectivity index (χ1n) is 16.9. The number of Topliss-reactive ketones (excluding diaryl/α,β-unsaturated/α-hetero) is 1. The molecule has 2 aliphatic heterocycles. The Morgan fingerprint density at radius 1 is 1.11 bits per heavy atom. The number of phenolic OH excluding ortho intramolecular Hbond substituents is 2. The molecule has 19 nitrogen and oxygen atoms in total. The molecule has 4 aliphatic rings. The molecule has 19 heteroatoms. The largest absolute Gasteiger partial charge is 0.507 e. The van der Waals surface area contributed by atoms with Gasteiger partial charge in [-0.15, -0.1) is 0 Å². The Bertz CT molecular complexity index is 2050. The first-order valence-corrected chi connectivity index (χ1v) is 16.9. The van der Waals surface area contributed by atoms with Crippen LogP contribution in [0.15, 0.2) is 24.4 Å². The van der Waals surface area contributed by atoms with Crippen molar-refractivity contribution in [3.63, 3.8) is 0 Å². The summed E-state index contributed by atoms with van der Waals surface area (Å²) in [6, 6.07) is 3.59. The molecule has 5 N–H and O–H groups in total. The highest BCUT2D eigenvalue weighted by Crippen LogP contribution is 2.52. The van der Waals surface area contributed by atoms with Gasteiger partial charge < -0.3 is 48.3 Å². The standard InChI is InChI=1S/C35H38N4O15/c1-15-32-20(38(13-50-14-52-32)34(45)51-12-17-11-36-33(37(17)3)39(47)48)8-23(53-15)54-22-10-35(46,16(2)40)9-19-25(22)31(44)27-26(29(19)42)28(41)18-6-5-7-21(49-4)24(18)30(27)43/h5-7,11,15,20,22-23,32,42,44,46-48H,8-10,12-14H2,1-4H3. The molecule has 0 spiro atoms. The lowest BCUT2D eigenvalue weighted by molar-refractivity contribution is -0.261. The molecule has 3 heterocycles. The number of hydrogen-bond acceptors (Lipinski definition) is 17. The molecule has 0 radical (unpaired) electrons. The predicted molar refractivity (Wildman–Crippen MR) is 177 cm³/mol. The summed E-state index contributed by atoms with van der Waals surface area (Å²) >= 11 is 0. The van der Waals surface area contributed by atoms with E-state index >= 15 is 0 Å². The summed E-state index contributed by atoms with van der Waals surface area (Å²) in [5.41, 5.74) is -3.19. The van der Waals surface area contributed by atoms with Crippen molar-refractivity contribution in [2.75, 3.05) is 25.9 Å². The number of aromatic nitrogens is 2. The van der Waals surface area contributed by atoms with Gasteiger partial charge in [0.05, 0.1) is 53.9 Å².